The van der Waals surface area contributed by atoms with Crippen molar-refractivity contribution in [1.82, 2.24) is 5.32 Å². The van der Waals surface area contributed by atoms with Crippen LogP contribution in [0.2, 0.25) is 0 Å². The summed E-state index contributed by atoms with van der Waals surface area (Å²) < 4.78 is 37.8. The molecule has 2 aromatic carbocycles. The van der Waals surface area contributed by atoms with Crippen LogP contribution in [0.15, 0.2) is 36.4 Å². The second kappa shape index (κ2) is 9.02. The fourth-order valence-corrected chi connectivity index (χ4v) is 4.39. The number of sulfonamides is 1. The van der Waals surface area contributed by atoms with E-state index in [1.807, 2.05) is 44.2 Å². The molecule has 0 bridgehead atoms. The number of rotatable bonds is 6. The summed E-state index contributed by atoms with van der Waals surface area (Å²) in [6.07, 6.45) is 0.192. The zero-order valence-corrected chi connectivity index (χ0v) is 20.4. The van der Waals surface area contributed by atoms with Gasteiger partial charge >= 0.3 is 0 Å². The Morgan fingerprint density at radius 3 is 2.56 bits per heavy atom. The van der Waals surface area contributed by atoms with Crippen LogP contribution >= 0.6 is 0 Å². The first kappa shape index (κ1) is 23.9. The number of fused-ring (bicyclic) bond motifs is 1. The van der Waals surface area contributed by atoms with Gasteiger partial charge in [0.05, 0.1) is 25.0 Å². The van der Waals surface area contributed by atoms with Crippen LogP contribution in [-0.4, -0.2) is 46.4 Å². The van der Waals surface area contributed by atoms with Gasteiger partial charge in [-0.25, -0.2) is 8.42 Å². The summed E-state index contributed by atoms with van der Waals surface area (Å²) in [4.78, 5) is 12.7. The Morgan fingerprint density at radius 1 is 1.19 bits per heavy atom. The molecule has 1 aliphatic rings. The lowest BCUT2D eigenvalue weighted by Gasteiger charge is -2.35. The Bertz CT molecular complexity index is 1110. The number of hydrogen-bond acceptors (Lipinski definition) is 5. The van der Waals surface area contributed by atoms with Crippen LogP contribution < -0.4 is 19.1 Å². The summed E-state index contributed by atoms with van der Waals surface area (Å²) in [5.41, 5.74) is 3.41. The molecule has 32 heavy (non-hydrogen) atoms. The quantitative estimate of drug-likeness (QED) is 0.669. The highest BCUT2D eigenvalue weighted by Crippen LogP contribution is 2.38. The number of nitrogens with zero attached hydrogens (tertiary/aromatic N) is 1. The maximum Gasteiger partial charge on any atom is 0.263 e. The number of carbonyl (C=O) groups excluding carboxylic acids is 1. The predicted molar refractivity (Wildman–Crippen MR) is 126 cm³/mol. The zero-order valence-electron chi connectivity index (χ0n) is 19.6. The number of ether oxygens (including phenoxy) is 2. The molecule has 1 heterocycles. The van der Waals surface area contributed by atoms with E-state index < -0.39 is 16.1 Å². The molecule has 7 nitrogen and oxygen atoms in total. The summed E-state index contributed by atoms with van der Waals surface area (Å²) in [5, 5.41) is 2.78. The van der Waals surface area contributed by atoms with Gasteiger partial charge in [0.1, 0.15) is 18.1 Å². The van der Waals surface area contributed by atoms with Gasteiger partial charge in [-0.3, -0.25) is 9.10 Å². The van der Waals surface area contributed by atoms with Crippen molar-refractivity contribution < 1.29 is 22.7 Å². The molecule has 0 aromatic heterocycles. The lowest BCUT2D eigenvalue weighted by atomic mass is 9.86. The van der Waals surface area contributed by atoms with Crippen LogP contribution in [0.1, 0.15) is 37.5 Å². The summed E-state index contributed by atoms with van der Waals surface area (Å²) in [5.74, 6) is 0.773. The van der Waals surface area contributed by atoms with E-state index in [2.05, 4.69) is 26.1 Å². The molecule has 1 atom stereocenters. The summed E-state index contributed by atoms with van der Waals surface area (Å²) >= 11 is 0. The van der Waals surface area contributed by atoms with Gasteiger partial charge in [-0.15, -0.1) is 0 Å². The summed E-state index contributed by atoms with van der Waals surface area (Å²) in [6.45, 7) is 10.6. The first-order valence-corrected chi connectivity index (χ1v) is 12.5. The minimum absolute atomic E-state index is 0.0802. The molecule has 2 aromatic rings. The predicted octanol–water partition coefficient (Wildman–Crippen LogP) is 3.32. The fraction of sp³-hybridized carbons (Fsp3) is 0.458. The number of amides is 1. The van der Waals surface area contributed by atoms with E-state index in [9.17, 15) is 13.2 Å². The van der Waals surface area contributed by atoms with Gasteiger partial charge in [-0.1, -0.05) is 39.0 Å². The smallest absolute Gasteiger partial charge is 0.263 e. The lowest BCUT2D eigenvalue weighted by Crippen LogP contribution is -2.51. The van der Waals surface area contributed by atoms with Crippen molar-refractivity contribution >= 4 is 21.6 Å². The maximum atomic E-state index is 12.7. The normalized spacial score (nSPS) is 16.2. The van der Waals surface area contributed by atoms with Gasteiger partial charge in [-0.2, -0.15) is 0 Å². The highest BCUT2D eigenvalue weighted by atomic mass is 32.2. The molecule has 1 amide bonds. The van der Waals surface area contributed by atoms with Crippen molar-refractivity contribution in [3.63, 3.8) is 0 Å². The van der Waals surface area contributed by atoms with Crippen molar-refractivity contribution in [2.45, 2.75) is 46.1 Å². The Hall–Kier alpha value is -2.74. The highest BCUT2D eigenvalue weighted by molar-refractivity contribution is 7.92. The Balaban J connectivity index is 1.68. The van der Waals surface area contributed by atoms with Crippen molar-refractivity contribution in [3.8, 4) is 11.5 Å². The highest BCUT2D eigenvalue weighted by Gasteiger charge is 2.35. The second-order valence-electron chi connectivity index (χ2n) is 9.24. The molecule has 1 unspecified atom stereocenters. The number of nitrogens with one attached hydrogen (secondary N) is 1. The molecule has 1 N–H and O–H groups in total. The van der Waals surface area contributed by atoms with Gasteiger partial charge in [-0.05, 0) is 54.2 Å². The molecule has 8 heteroatoms. The molecule has 0 fully saturated rings. The molecule has 3 rings (SSSR count). The average Bonchev–Trinajstić information content (AvgIpc) is 2.70. The van der Waals surface area contributed by atoms with E-state index in [1.54, 1.807) is 6.07 Å². The number of carbonyl (C=O) groups is 1. The monoisotopic (exact) mass is 460 g/mol. The van der Waals surface area contributed by atoms with Gasteiger partial charge in [0.25, 0.3) is 5.91 Å². The van der Waals surface area contributed by atoms with Crippen molar-refractivity contribution in [2.24, 2.45) is 0 Å². The molecule has 0 saturated carbocycles. The standard InChI is InChI=1S/C24H32N2O5S/c1-16-7-8-17(2)21(13-16)30-12-11-25-23(27)22-15-26(32(6,28)29)19-14-18(24(3,4)5)9-10-20(19)31-22/h7-10,13-14,22H,11-12,15H2,1-6H3,(H,25,27). The SMILES string of the molecule is Cc1ccc(C)c(OCCNC(=O)C2CN(S(C)(=O)=O)c3cc(C(C)(C)C)ccc3O2)c1. The first-order valence-electron chi connectivity index (χ1n) is 10.6. The van der Waals surface area contributed by atoms with Crippen LogP contribution in [0.4, 0.5) is 5.69 Å². The zero-order chi connectivity index (χ0) is 23.7. The first-order chi connectivity index (χ1) is 14.9. The van der Waals surface area contributed by atoms with E-state index >= 15 is 0 Å². The second-order valence-corrected chi connectivity index (χ2v) is 11.1. The topological polar surface area (TPSA) is 84.9 Å². The number of benzene rings is 2. The van der Waals surface area contributed by atoms with Gasteiger partial charge in [0, 0.05) is 0 Å². The largest absolute Gasteiger partial charge is 0.491 e. The Morgan fingerprint density at radius 2 is 1.91 bits per heavy atom. The number of hydrogen-bond donors (Lipinski definition) is 1. The number of aryl methyl sites for hydroxylation is 2. The van der Waals surface area contributed by atoms with E-state index in [4.69, 9.17) is 9.47 Å². The molecule has 0 aliphatic carbocycles. The summed E-state index contributed by atoms with van der Waals surface area (Å²) in [7, 11) is -3.59. The third kappa shape index (κ3) is 5.54. The maximum absolute atomic E-state index is 12.7. The number of anilines is 1. The van der Waals surface area contributed by atoms with Gasteiger partial charge < -0.3 is 14.8 Å². The molecule has 0 spiro atoms. The molecule has 0 saturated heterocycles. The van der Waals surface area contributed by atoms with E-state index in [-0.39, 0.29) is 24.4 Å². The van der Waals surface area contributed by atoms with Crippen LogP contribution in [0.3, 0.4) is 0 Å². The molecular weight excluding hydrogens is 428 g/mol. The van der Waals surface area contributed by atoms with Crippen LogP contribution in [-0.2, 0) is 20.2 Å². The molecule has 174 valence electrons. The fourth-order valence-electron chi connectivity index (χ4n) is 3.48. The molecular formula is C24H32N2O5S. The lowest BCUT2D eigenvalue weighted by molar-refractivity contribution is -0.127. The van der Waals surface area contributed by atoms with E-state index in [0.29, 0.717) is 18.0 Å². The van der Waals surface area contributed by atoms with E-state index in [0.717, 1.165) is 28.7 Å². The Labute approximate surface area is 190 Å². The minimum Gasteiger partial charge on any atom is -0.491 e. The third-order valence-corrected chi connectivity index (χ3v) is 6.54. The van der Waals surface area contributed by atoms with Crippen LogP contribution in [0, 0.1) is 13.8 Å². The Kier molecular flexibility index (Phi) is 6.74. The van der Waals surface area contributed by atoms with Gasteiger partial charge in [0.2, 0.25) is 10.0 Å². The van der Waals surface area contributed by atoms with Crippen molar-refractivity contribution in [1.29, 1.82) is 0 Å². The molecule has 0 radical (unpaired) electrons. The van der Waals surface area contributed by atoms with Crippen LogP contribution in [0.25, 0.3) is 0 Å². The van der Waals surface area contributed by atoms with Crippen molar-refractivity contribution in [3.05, 3.63) is 53.1 Å². The van der Waals surface area contributed by atoms with Gasteiger partial charge in [0.15, 0.2) is 6.10 Å². The minimum atomic E-state index is -3.59. The van der Waals surface area contributed by atoms with Crippen LogP contribution in [0.5, 0.6) is 11.5 Å². The third-order valence-electron chi connectivity index (χ3n) is 5.39. The summed E-state index contributed by atoms with van der Waals surface area (Å²) in [6, 6.07) is 11.4. The molecule has 1 aliphatic heterocycles. The van der Waals surface area contributed by atoms with Crippen molar-refractivity contribution in [2.75, 3.05) is 30.3 Å². The average molecular weight is 461 g/mol. The van der Waals surface area contributed by atoms with E-state index in [1.165, 1.54) is 4.31 Å².